The van der Waals surface area contributed by atoms with Gasteiger partial charge in [-0.3, -0.25) is 0 Å². The zero-order valence-corrected chi connectivity index (χ0v) is 9.49. The lowest BCUT2D eigenvalue weighted by Crippen LogP contribution is -1.84. The molecule has 0 aliphatic carbocycles. The topological polar surface area (TPSA) is 33.1 Å². The molecule has 4 heteroatoms. The van der Waals surface area contributed by atoms with Gasteiger partial charge in [0, 0.05) is 24.1 Å². The summed E-state index contributed by atoms with van der Waals surface area (Å²) in [6.07, 6.45) is 2.56. The highest BCUT2D eigenvalue weighted by Crippen LogP contribution is 2.30. The number of aromatic nitrogens is 1. The zero-order valence-electron chi connectivity index (χ0n) is 7.86. The van der Waals surface area contributed by atoms with Crippen molar-refractivity contribution in [3.8, 4) is 9.88 Å². The van der Waals surface area contributed by atoms with Gasteiger partial charge in [0.1, 0.15) is 5.01 Å². The Hall–Kier alpha value is -0.710. The SMILES string of the molecule is Cc1csc(-c2ncc(CCO)s2)c1. The van der Waals surface area contributed by atoms with E-state index in [1.54, 1.807) is 22.7 Å². The summed E-state index contributed by atoms with van der Waals surface area (Å²) in [5, 5.41) is 12.0. The van der Waals surface area contributed by atoms with Gasteiger partial charge < -0.3 is 5.11 Å². The van der Waals surface area contributed by atoms with Crippen molar-refractivity contribution in [2.24, 2.45) is 0 Å². The summed E-state index contributed by atoms with van der Waals surface area (Å²) in [5.74, 6) is 0. The minimum atomic E-state index is 0.200. The molecule has 0 aromatic carbocycles. The number of hydrogen-bond acceptors (Lipinski definition) is 4. The lowest BCUT2D eigenvalue weighted by Gasteiger charge is -1.88. The smallest absolute Gasteiger partial charge is 0.133 e. The predicted octanol–water partition coefficient (Wildman–Crippen LogP) is 2.71. The van der Waals surface area contributed by atoms with Crippen LogP contribution >= 0.6 is 22.7 Å². The molecule has 2 heterocycles. The van der Waals surface area contributed by atoms with Gasteiger partial charge in [0.05, 0.1) is 4.88 Å². The number of aliphatic hydroxyl groups is 1. The van der Waals surface area contributed by atoms with Crippen LogP contribution < -0.4 is 0 Å². The van der Waals surface area contributed by atoms with Gasteiger partial charge >= 0.3 is 0 Å². The van der Waals surface area contributed by atoms with E-state index < -0.39 is 0 Å². The van der Waals surface area contributed by atoms with E-state index in [1.165, 1.54) is 10.4 Å². The number of nitrogens with zero attached hydrogens (tertiary/aromatic N) is 1. The Morgan fingerprint density at radius 1 is 1.50 bits per heavy atom. The van der Waals surface area contributed by atoms with E-state index in [4.69, 9.17) is 5.11 Å². The van der Waals surface area contributed by atoms with Crippen LogP contribution in [0.3, 0.4) is 0 Å². The third-order valence-electron chi connectivity index (χ3n) is 1.85. The molecule has 0 aliphatic heterocycles. The Morgan fingerprint density at radius 3 is 3.00 bits per heavy atom. The van der Waals surface area contributed by atoms with Crippen LogP contribution in [-0.4, -0.2) is 16.7 Å². The molecule has 0 aliphatic rings. The molecule has 0 fully saturated rings. The molecule has 2 nitrogen and oxygen atoms in total. The predicted molar refractivity (Wildman–Crippen MR) is 61.0 cm³/mol. The second-order valence-corrected chi connectivity index (χ2v) is 5.12. The van der Waals surface area contributed by atoms with Crippen molar-refractivity contribution in [3.05, 3.63) is 28.1 Å². The normalized spacial score (nSPS) is 10.7. The Kier molecular flexibility index (Phi) is 2.96. The average Bonchev–Trinajstić information content (AvgIpc) is 2.74. The van der Waals surface area contributed by atoms with Crippen LogP contribution in [0.4, 0.5) is 0 Å². The van der Waals surface area contributed by atoms with Crippen molar-refractivity contribution in [1.82, 2.24) is 4.98 Å². The van der Waals surface area contributed by atoms with Crippen molar-refractivity contribution in [1.29, 1.82) is 0 Å². The highest BCUT2D eigenvalue weighted by Gasteiger charge is 2.05. The fraction of sp³-hybridized carbons (Fsp3) is 0.300. The second kappa shape index (κ2) is 4.21. The molecule has 0 unspecified atom stereocenters. The first-order valence-electron chi connectivity index (χ1n) is 4.40. The van der Waals surface area contributed by atoms with Gasteiger partial charge in [0.2, 0.25) is 0 Å². The highest BCUT2D eigenvalue weighted by molar-refractivity contribution is 7.21. The molecular weight excluding hydrogens is 214 g/mol. The van der Waals surface area contributed by atoms with Crippen LogP contribution in [0.5, 0.6) is 0 Å². The van der Waals surface area contributed by atoms with Crippen LogP contribution in [0, 0.1) is 6.92 Å². The molecule has 0 saturated heterocycles. The Balaban J connectivity index is 2.24. The van der Waals surface area contributed by atoms with E-state index in [0.717, 1.165) is 9.88 Å². The number of thiophene rings is 1. The third kappa shape index (κ3) is 2.03. The zero-order chi connectivity index (χ0) is 9.97. The first kappa shape index (κ1) is 9.83. The monoisotopic (exact) mass is 225 g/mol. The molecule has 0 atom stereocenters. The summed E-state index contributed by atoms with van der Waals surface area (Å²) in [4.78, 5) is 6.70. The first-order valence-corrected chi connectivity index (χ1v) is 6.10. The van der Waals surface area contributed by atoms with Crippen LogP contribution in [0.2, 0.25) is 0 Å². The van der Waals surface area contributed by atoms with Crippen LogP contribution in [0.25, 0.3) is 9.88 Å². The van der Waals surface area contributed by atoms with Crippen LogP contribution in [-0.2, 0) is 6.42 Å². The molecule has 2 rings (SSSR count). The van der Waals surface area contributed by atoms with E-state index in [9.17, 15) is 0 Å². The number of rotatable bonds is 3. The number of aliphatic hydroxyl groups excluding tert-OH is 1. The largest absolute Gasteiger partial charge is 0.396 e. The van der Waals surface area contributed by atoms with Gasteiger partial charge in [0.25, 0.3) is 0 Å². The van der Waals surface area contributed by atoms with Crippen molar-refractivity contribution in [2.75, 3.05) is 6.61 Å². The van der Waals surface area contributed by atoms with Crippen molar-refractivity contribution in [3.63, 3.8) is 0 Å². The van der Waals surface area contributed by atoms with E-state index in [2.05, 4.69) is 23.4 Å². The maximum Gasteiger partial charge on any atom is 0.133 e. The van der Waals surface area contributed by atoms with Gasteiger partial charge in [-0.25, -0.2) is 4.98 Å². The van der Waals surface area contributed by atoms with Crippen molar-refractivity contribution >= 4 is 22.7 Å². The number of aryl methyl sites for hydroxylation is 1. The Morgan fingerprint density at radius 2 is 2.36 bits per heavy atom. The molecular formula is C10H11NOS2. The maximum atomic E-state index is 8.79. The van der Waals surface area contributed by atoms with Crippen LogP contribution in [0.15, 0.2) is 17.6 Å². The molecule has 74 valence electrons. The summed E-state index contributed by atoms with van der Waals surface area (Å²) in [7, 11) is 0. The van der Waals surface area contributed by atoms with E-state index >= 15 is 0 Å². The van der Waals surface area contributed by atoms with E-state index in [-0.39, 0.29) is 6.61 Å². The number of thiazole rings is 1. The molecule has 2 aromatic heterocycles. The molecule has 2 aromatic rings. The minimum absolute atomic E-state index is 0.200. The quantitative estimate of drug-likeness (QED) is 0.871. The molecule has 0 amide bonds. The summed E-state index contributed by atoms with van der Waals surface area (Å²) in [5.41, 5.74) is 1.28. The summed E-state index contributed by atoms with van der Waals surface area (Å²) in [6, 6.07) is 2.15. The summed E-state index contributed by atoms with van der Waals surface area (Å²) in [6.45, 7) is 2.29. The Bertz CT molecular complexity index is 419. The fourth-order valence-corrected chi connectivity index (χ4v) is 3.06. The number of hydrogen-bond donors (Lipinski definition) is 1. The van der Waals surface area contributed by atoms with Gasteiger partial charge in [-0.15, -0.1) is 22.7 Å². The lowest BCUT2D eigenvalue weighted by atomic mass is 10.3. The maximum absolute atomic E-state index is 8.79. The minimum Gasteiger partial charge on any atom is -0.396 e. The Labute approximate surface area is 90.9 Å². The second-order valence-electron chi connectivity index (χ2n) is 3.09. The first-order chi connectivity index (χ1) is 6.79. The average molecular weight is 225 g/mol. The van der Waals surface area contributed by atoms with E-state index in [0.29, 0.717) is 6.42 Å². The van der Waals surface area contributed by atoms with Crippen molar-refractivity contribution < 1.29 is 5.11 Å². The molecule has 1 N–H and O–H groups in total. The summed E-state index contributed by atoms with van der Waals surface area (Å²) >= 11 is 3.38. The third-order valence-corrected chi connectivity index (χ3v) is 4.13. The highest BCUT2D eigenvalue weighted by atomic mass is 32.1. The molecule has 0 bridgehead atoms. The molecule has 0 saturated carbocycles. The van der Waals surface area contributed by atoms with E-state index in [1.807, 2.05) is 6.20 Å². The van der Waals surface area contributed by atoms with Gasteiger partial charge in [-0.2, -0.15) is 0 Å². The van der Waals surface area contributed by atoms with Gasteiger partial charge in [-0.1, -0.05) is 0 Å². The molecule has 14 heavy (non-hydrogen) atoms. The fourth-order valence-electron chi connectivity index (χ4n) is 1.19. The van der Waals surface area contributed by atoms with Crippen molar-refractivity contribution in [2.45, 2.75) is 13.3 Å². The molecule has 0 radical (unpaired) electrons. The van der Waals surface area contributed by atoms with Gasteiger partial charge in [0.15, 0.2) is 0 Å². The lowest BCUT2D eigenvalue weighted by molar-refractivity contribution is 0.300. The summed E-state index contributed by atoms with van der Waals surface area (Å²) < 4.78 is 0. The van der Waals surface area contributed by atoms with Crippen LogP contribution in [0.1, 0.15) is 10.4 Å². The molecule has 0 spiro atoms. The van der Waals surface area contributed by atoms with Gasteiger partial charge in [-0.05, 0) is 23.9 Å². The standard InChI is InChI=1S/C10H11NOS2/c1-7-4-9(13-6-7)10-11-5-8(14-10)2-3-12/h4-6,12H,2-3H2,1H3.